The van der Waals surface area contributed by atoms with Crippen LogP contribution in [0.1, 0.15) is 61.2 Å². The van der Waals surface area contributed by atoms with E-state index < -0.39 is 23.7 Å². The number of likely N-dealkylation sites (tertiary alicyclic amines) is 1. The second kappa shape index (κ2) is 13.6. The lowest BCUT2D eigenvalue weighted by atomic mass is 9.98. The van der Waals surface area contributed by atoms with Crippen molar-refractivity contribution in [3.8, 4) is 11.6 Å². The van der Waals surface area contributed by atoms with Crippen molar-refractivity contribution >= 4 is 17.0 Å². The summed E-state index contributed by atoms with van der Waals surface area (Å²) in [6, 6.07) is 9.38. The highest BCUT2D eigenvalue weighted by Crippen LogP contribution is 2.32. The molecule has 4 aromatic rings. The largest absolute Gasteiger partial charge is 0.483 e. The maximum absolute atomic E-state index is 13.9. The molecule has 3 N–H and O–H groups in total. The summed E-state index contributed by atoms with van der Waals surface area (Å²) in [5, 5.41) is 29.4. The van der Waals surface area contributed by atoms with Crippen LogP contribution in [0.15, 0.2) is 48.7 Å². The topological polar surface area (TPSA) is 143 Å². The average Bonchev–Trinajstić information content (AvgIpc) is 3.34. The molecule has 0 saturated carbocycles. The number of halogens is 2. The van der Waals surface area contributed by atoms with E-state index in [-0.39, 0.29) is 55.7 Å². The lowest BCUT2D eigenvalue weighted by Crippen LogP contribution is -2.46. The van der Waals surface area contributed by atoms with E-state index in [0.717, 1.165) is 12.1 Å². The van der Waals surface area contributed by atoms with E-state index in [1.807, 2.05) is 11.5 Å². The summed E-state index contributed by atoms with van der Waals surface area (Å²) in [5.74, 6) is -1.30. The van der Waals surface area contributed by atoms with Crippen molar-refractivity contribution in [2.75, 3.05) is 13.2 Å². The summed E-state index contributed by atoms with van der Waals surface area (Å²) < 4.78 is 40.5. The highest BCUT2D eigenvalue weighted by atomic mass is 19.1. The van der Waals surface area contributed by atoms with E-state index in [1.54, 1.807) is 18.2 Å². The standard InChI is InChI=1S/C31H35F2N5O6/c1-18-13-23(44-29-7-10-34-28(36-29)17-43-27-6-4-21(32)15-24(27)33)8-11-37(18)19(2)30-35-25-5-3-20(31(41)42)14-26(25)38(30)16-22(40)9-12-39/h3-7,10,14-15,18-19,22-23,39-40H,8-9,11-13,16-17H2,1-2H3,(H,41,42)/t18-,19?,22-,23-/m0/s1. The Bertz CT molecular complexity index is 1620. The molecule has 0 aliphatic carbocycles. The molecule has 1 saturated heterocycles. The summed E-state index contributed by atoms with van der Waals surface area (Å²) in [6.07, 6.45) is 2.15. The van der Waals surface area contributed by atoms with E-state index in [2.05, 4.69) is 21.8 Å². The van der Waals surface area contributed by atoms with Crippen molar-refractivity contribution < 1.29 is 38.4 Å². The number of piperidine rings is 1. The third kappa shape index (κ3) is 7.12. The van der Waals surface area contributed by atoms with Gasteiger partial charge < -0.3 is 29.4 Å². The first-order chi connectivity index (χ1) is 21.1. The number of carboxylic acid groups (broad SMARTS) is 1. The molecular weight excluding hydrogens is 576 g/mol. The van der Waals surface area contributed by atoms with Crippen LogP contribution in [0.2, 0.25) is 0 Å². The van der Waals surface area contributed by atoms with Crippen LogP contribution in [0.3, 0.4) is 0 Å². The zero-order valence-electron chi connectivity index (χ0n) is 24.4. The first kappa shape index (κ1) is 31.2. The lowest BCUT2D eigenvalue weighted by Gasteiger charge is -2.40. The number of carboxylic acids is 1. The number of hydrogen-bond acceptors (Lipinski definition) is 9. The van der Waals surface area contributed by atoms with Crippen LogP contribution >= 0.6 is 0 Å². The second-order valence-corrected chi connectivity index (χ2v) is 11.0. The van der Waals surface area contributed by atoms with Gasteiger partial charge in [-0.1, -0.05) is 0 Å². The summed E-state index contributed by atoms with van der Waals surface area (Å²) in [7, 11) is 0. The number of aliphatic hydroxyl groups is 2. The van der Waals surface area contributed by atoms with E-state index in [4.69, 9.17) is 14.5 Å². The molecule has 0 radical (unpaired) electrons. The maximum atomic E-state index is 13.9. The molecule has 1 unspecified atom stereocenters. The molecule has 0 bridgehead atoms. The number of nitrogens with zero attached hydrogens (tertiary/aromatic N) is 5. The number of imidazole rings is 1. The Labute approximate surface area is 252 Å². The number of aromatic nitrogens is 4. The van der Waals surface area contributed by atoms with Gasteiger partial charge in [0.15, 0.2) is 17.4 Å². The Balaban J connectivity index is 1.26. The van der Waals surface area contributed by atoms with Crippen LogP contribution < -0.4 is 9.47 Å². The smallest absolute Gasteiger partial charge is 0.335 e. The van der Waals surface area contributed by atoms with E-state index in [1.165, 1.54) is 18.3 Å². The maximum Gasteiger partial charge on any atom is 0.335 e. The molecule has 2 aromatic carbocycles. The molecule has 0 spiro atoms. The minimum atomic E-state index is -1.05. The third-order valence-electron chi connectivity index (χ3n) is 7.85. The van der Waals surface area contributed by atoms with Gasteiger partial charge >= 0.3 is 5.97 Å². The monoisotopic (exact) mass is 611 g/mol. The van der Waals surface area contributed by atoms with Gasteiger partial charge in [0.25, 0.3) is 0 Å². The van der Waals surface area contributed by atoms with Crippen LogP contribution in [0.25, 0.3) is 11.0 Å². The van der Waals surface area contributed by atoms with Crippen molar-refractivity contribution in [3.63, 3.8) is 0 Å². The van der Waals surface area contributed by atoms with Gasteiger partial charge in [0.2, 0.25) is 5.88 Å². The van der Waals surface area contributed by atoms with E-state index in [0.29, 0.717) is 47.9 Å². The molecule has 0 amide bonds. The van der Waals surface area contributed by atoms with E-state index >= 15 is 0 Å². The van der Waals surface area contributed by atoms with Gasteiger partial charge in [-0.05, 0) is 63.4 Å². The zero-order chi connectivity index (χ0) is 31.4. The van der Waals surface area contributed by atoms with Crippen LogP contribution in [0.5, 0.6) is 11.6 Å². The highest BCUT2D eigenvalue weighted by molar-refractivity contribution is 5.92. The Morgan fingerprint density at radius 1 is 1.16 bits per heavy atom. The molecule has 5 rings (SSSR count). The fourth-order valence-electron chi connectivity index (χ4n) is 5.64. The third-order valence-corrected chi connectivity index (χ3v) is 7.85. The minimum Gasteiger partial charge on any atom is -0.483 e. The molecule has 1 fully saturated rings. The Hall–Kier alpha value is -4.20. The molecule has 13 heteroatoms. The molecule has 4 atom stereocenters. The highest BCUT2D eigenvalue weighted by Gasteiger charge is 2.33. The van der Waals surface area contributed by atoms with Crippen LogP contribution in [0, 0.1) is 11.6 Å². The van der Waals surface area contributed by atoms with Crippen LogP contribution in [-0.4, -0.2) is 77.1 Å². The SMILES string of the molecule is CC(c1nc2ccc(C(=O)O)cc2n1C[C@@H](O)CCO)N1CC[C@H](Oc2ccnc(COc3ccc(F)cc3F)n2)C[C@@H]1C. The Kier molecular flexibility index (Phi) is 9.67. The number of hydrogen-bond donors (Lipinski definition) is 3. The molecule has 2 aromatic heterocycles. The number of carbonyl (C=O) groups is 1. The number of rotatable bonds is 12. The van der Waals surface area contributed by atoms with Gasteiger partial charge in [0, 0.05) is 37.5 Å². The summed E-state index contributed by atoms with van der Waals surface area (Å²) in [6.45, 7) is 4.69. The second-order valence-electron chi connectivity index (χ2n) is 11.0. The molecule has 1 aliphatic rings. The number of fused-ring (bicyclic) bond motifs is 1. The molecule has 3 heterocycles. The van der Waals surface area contributed by atoms with Crippen molar-refractivity contribution in [2.45, 2.75) is 70.6 Å². The molecule has 1 aliphatic heterocycles. The van der Waals surface area contributed by atoms with Gasteiger partial charge in [-0.2, -0.15) is 4.98 Å². The molecule has 44 heavy (non-hydrogen) atoms. The van der Waals surface area contributed by atoms with Crippen LogP contribution in [-0.2, 0) is 13.2 Å². The first-order valence-electron chi connectivity index (χ1n) is 14.5. The summed E-state index contributed by atoms with van der Waals surface area (Å²) in [4.78, 5) is 27.3. The fourth-order valence-corrected chi connectivity index (χ4v) is 5.64. The summed E-state index contributed by atoms with van der Waals surface area (Å²) >= 11 is 0. The summed E-state index contributed by atoms with van der Waals surface area (Å²) in [5.41, 5.74) is 1.37. The lowest BCUT2D eigenvalue weighted by molar-refractivity contribution is 0.0338. The normalized spacial score (nSPS) is 18.7. The number of aromatic carboxylic acids is 1. The Morgan fingerprint density at radius 2 is 1.98 bits per heavy atom. The first-order valence-corrected chi connectivity index (χ1v) is 14.5. The number of aliphatic hydroxyl groups excluding tert-OH is 2. The number of benzene rings is 2. The van der Waals surface area contributed by atoms with Gasteiger partial charge in [-0.3, -0.25) is 4.90 Å². The fraction of sp³-hybridized carbons (Fsp3) is 0.419. The van der Waals surface area contributed by atoms with Crippen LogP contribution in [0.4, 0.5) is 8.78 Å². The Morgan fingerprint density at radius 3 is 2.70 bits per heavy atom. The predicted molar refractivity (Wildman–Crippen MR) is 155 cm³/mol. The van der Waals surface area contributed by atoms with Gasteiger partial charge in [-0.25, -0.2) is 23.5 Å². The van der Waals surface area contributed by atoms with Crippen molar-refractivity contribution in [1.29, 1.82) is 0 Å². The number of ether oxygens (including phenoxy) is 2. The molecule has 234 valence electrons. The van der Waals surface area contributed by atoms with E-state index in [9.17, 15) is 28.9 Å². The predicted octanol–water partition coefficient (Wildman–Crippen LogP) is 4.12. The van der Waals surface area contributed by atoms with Gasteiger partial charge in [0.05, 0.1) is 35.3 Å². The van der Waals surface area contributed by atoms with Gasteiger partial charge in [0.1, 0.15) is 24.4 Å². The molecular formula is C31H35F2N5O6. The zero-order valence-corrected chi connectivity index (χ0v) is 24.4. The van der Waals surface area contributed by atoms with Crippen molar-refractivity contribution in [2.24, 2.45) is 0 Å². The van der Waals surface area contributed by atoms with Gasteiger partial charge in [-0.15, -0.1) is 0 Å². The van der Waals surface area contributed by atoms with Crippen molar-refractivity contribution in [1.82, 2.24) is 24.4 Å². The molecule has 11 nitrogen and oxygen atoms in total. The average molecular weight is 612 g/mol. The van der Waals surface area contributed by atoms with Crippen molar-refractivity contribution in [3.05, 3.63) is 77.5 Å². The minimum absolute atomic E-state index is 0.0834. The quantitative estimate of drug-likeness (QED) is 0.214.